The molecule has 0 rings (SSSR count). The van der Waals surface area contributed by atoms with Crippen molar-refractivity contribution in [3.05, 3.63) is 0 Å². The van der Waals surface area contributed by atoms with E-state index in [0.29, 0.717) is 13.0 Å². The summed E-state index contributed by atoms with van der Waals surface area (Å²) in [6.07, 6.45) is 1.69. The summed E-state index contributed by atoms with van der Waals surface area (Å²) in [5.74, 6) is -1.38. The maximum absolute atomic E-state index is 11.6. The van der Waals surface area contributed by atoms with Gasteiger partial charge in [0.25, 0.3) is 0 Å². The third-order valence-corrected chi connectivity index (χ3v) is 3.59. The van der Waals surface area contributed by atoms with Gasteiger partial charge in [0.15, 0.2) is 0 Å². The van der Waals surface area contributed by atoms with Crippen LogP contribution in [0.5, 0.6) is 0 Å². The zero-order valence-corrected chi connectivity index (χ0v) is 12.1. The third kappa shape index (κ3) is 10.5. The highest BCUT2D eigenvalue weighted by Gasteiger charge is 2.16. The van der Waals surface area contributed by atoms with Gasteiger partial charge >= 0.3 is 5.97 Å². The maximum Gasteiger partial charge on any atom is 0.303 e. The molecule has 0 bridgehead atoms. The fraction of sp³-hybridized carbons (Fsp3) is 0.818. The number of nitrogens with two attached hydrogens (primary N) is 1. The summed E-state index contributed by atoms with van der Waals surface area (Å²) in [5, 5.41) is 11.1. The second-order valence-electron chi connectivity index (χ2n) is 4.81. The van der Waals surface area contributed by atoms with Gasteiger partial charge < -0.3 is 16.2 Å². The standard InChI is InChI=1S/C11H22N2O5S/c1-8(3-4-10(14)15)7-13-11(16)9(12)5-6-19(2,17)18/h8-9H,3-7,12H2,1-2H3,(H,13,16)(H,14,15). The van der Waals surface area contributed by atoms with Crippen LogP contribution in [0.3, 0.4) is 0 Å². The SMILES string of the molecule is CC(CCC(=O)O)CNC(=O)C(N)CCS(C)(=O)=O. The predicted molar refractivity (Wildman–Crippen MR) is 71.3 cm³/mol. The lowest BCUT2D eigenvalue weighted by atomic mass is 10.1. The van der Waals surface area contributed by atoms with E-state index in [1.165, 1.54) is 0 Å². The summed E-state index contributed by atoms with van der Waals surface area (Å²) in [6.45, 7) is 2.16. The Morgan fingerprint density at radius 2 is 1.89 bits per heavy atom. The van der Waals surface area contributed by atoms with Crippen molar-refractivity contribution in [1.29, 1.82) is 0 Å². The van der Waals surface area contributed by atoms with Crippen LogP contribution in [0, 0.1) is 5.92 Å². The van der Waals surface area contributed by atoms with Gasteiger partial charge in [0.1, 0.15) is 9.84 Å². The van der Waals surface area contributed by atoms with E-state index in [-0.39, 0.29) is 24.5 Å². The largest absolute Gasteiger partial charge is 0.481 e. The van der Waals surface area contributed by atoms with Crippen LogP contribution >= 0.6 is 0 Å². The van der Waals surface area contributed by atoms with Gasteiger partial charge in [0.2, 0.25) is 5.91 Å². The second kappa shape index (κ2) is 8.11. The van der Waals surface area contributed by atoms with Crippen molar-refractivity contribution in [2.75, 3.05) is 18.6 Å². The first-order valence-corrected chi connectivity index (χ1v) is 8.10. The summed E-state index contributed by atoms with van der Waals surface area (Å²) in [6, 6.07) is -0.860. The fourth-order valence-corrected chi connectivity index (χ4v) is 2.03. The zero-order chi connectivity index (χ0) is 15.1. The number of nitrogens with one attached hydrogen (secondary N) is 1. The van der Waals surface area contributed by atoms with Crippen molar-refractivity contribution in [3.8, 4) is 0 Å². The number of hydrogen-bond donors (Lipinski definition) is 3. The molecule has 0 aromatic carbocycles. The van der Waals surface area contributed by atoms with Crippen molar-refractivity contribution >= 4 is 21.7 Å². The molecule has 0 aliphatic heterocycles. The molecular weight excluding hydrogens is 272 g/mol. The average Bonchev–Trinajstić information content (AvgIpc) is 2.29. The Hall–Kier alpha value is -1.15. The van der Waals surface area contributed by atoms with E-state index >= 15 is 0 Å². The predicted octanol–water partition coefficient (Wildman–Crippen LogP) is -0.634. The van der Waals surface area contributed by atoms with Crippen molar-refractivity contribution in [2.45, 2.75) is 32.2 Å². The van der Waals surface area contributed by atoms with E-state index in [2.05, 4.69) is 5.32 Å². The summed E-state index contributed by atoms with van der Waals surface area (Å²) in [4.78, 5) is 21.9. The van der Waals surface area contributed by atoms with E-state index in [9.17, 15) is 18.0 Å². The molecule has 2 atom stereocenters. The number of carbonyl (C=O) groups is 2. The molecule has 4 N–H and O–H groups in total. The topological polar surface area (TPSA) is 127 Å². The number of aliphatic carboxylic acids is 1. The van der Waals surface area contributed by atoms with Crippen LogP contribution in [0.2, 0.25) is 0 Å². The van der Waals surface area contributed by atoms with E-state index < -0.39 is 27.8 Å². The highest BCUT2D eigenvalue weighted by atomic mass is 32.2. The molecule has 112 valence electrons. The van der Waals surface area contributed by atoms with E-state index in [0.717, 1.165) is 6.26 Å². The number of hydrogen-bond acceptors (Lipinski definition) is 5. The van der Waals surface area contributed by atoms with Crippen molar-refractivity contribution < 1.29 is 23.1 Å². The minimum absolute atomic E-state index is 0.0298. The molecule has 0 heterocycles. The lowest BCUT2D eigenvalue weighted by Crippen LogP contribution is -2.43. The lowest BCUT2D eigenvalue weighted by Gasteiger charge is -2.15. The number of amides is 1. The second-order valence-corrected chi connectivity index (χ2v) is 7.07. The van der Waals surface area contributed by atoms with Crippen LogP contribution in [0.15, 0.2) is 0 Å². The number of carboxylic acid groups (broad SMARTS) is 1. The van der Waals surface area contributed by atoms with Gasteiger partial charge in [-0.3, -0.25) is 9.59 Å². The third-order valence-electron chi connectivity index (χ3n) is 2.61. The molecule has 0 aromatic rings. The van der Waals surface area contributed by atoms with Crippen molar-refractivity contribution in [2.24, 2.45) is 11.7 Å². The van der Waals surface area contributed by atoms with Crippen LogP contribution in [0.4, 0.5) is 0 Å². The Kier molecular flexibility index (Phi) is 7.62. The molecule has 0 aromatic heterocycles. The number of carboxylic acids is 1. The first-order chi connectivity index (χ1) is 8.61. The van der Waals surface area contributed by atoms with Crippen molar-refractivity contribution in [1.82, 2.24) is 5.32 Å². The number of carbonyl (C=O) groups excluding carboxylic acids is 1. The van der Waals surface area contributed by atoms with Crippen LogP contribution < -0.4 is 11.1 Å². The Bertz CT molecular complexity index is 407. The highest BCUT2D eigenvalue weighted by molar-refractivity contribution is 7.90. The Balaban J connectivity index is 3.93. The molecule has 0 saturated heterocycles. The summed E-state index contributed by atoms with van der Waals surface area (Å²) in [5.41, 5.74) is 5.56. The number of rotatable bonds is 9. The Morgan fingerprint density at radius 3 is 2.37 bits per heavy atom. The molecule has 7 nitrogen and oxygen atoms in total. The van der Waals surface area contributed by atoms with Crippen LogP contribution in [-0.2, 0) is 19.4 Å². The highest BCUT2D eigenvalue weighted by Crippen LogP contribution is 2.04. The van der Waals surface area contributed by atoms with Gasteiger partial charge in [0, 0.05) is 19.2 Å². The summed E-state index contributed by atoms with van der Waals surface area (Å²) in [7, 11) is -3.13. The molecular formula is C11H22N2O5S. The normalized spacial score (nSPS) is 14.7. The molecule has 0 radical (unpaired) electrons. The fourth-order valence-electron chi connectivity index (χ4n) is 1.35. The zero-order valence-electron chi connectivity index (χ0n) is 11.3. The number of sulfone groups is 1. The molecule has 0 fully saturated rings. The summed E-state index contributed by atoms with van der Waals surface area (Å²) < 4.78 is 21.9. The molecule has 0 saturated carbocycles. The Morgan fingerprint density at radius 1 is 1.32 bits per heavy atom. The molecule has 19 heavy (non-hydrogen) atoms. The quantitative estimate of drug-likeness (QED) is 0.519. The molecule has 2 unspecified atom stereocenters. The first kappa shape index (κ1) is 17.8. The van der Waals surface area contributed by atoms with Gasteiger partial charge in [-0.2, -0.15) is 0 Å². The van der Waals surface area contributed by atoms with E-state index in [1.807, 2.05) is 6.92 Å². The molecule has 0 aliphatic rings. The van der Waals surface area contributed by atoms with E-state index in [1.54, 1.807) is 0 Å². The molecule has 8 heteroatoms. The van der Waals surface area contributed by atoms with Crippen LogP contribution in [0.25, 0.3) is 0 Å². The van der Waals surface area contributed by atoms with Gasteiger partial charge in [-0.1, -0.05) is 6.92 Å². The van der Waals surface area contributed by atoms with Gasteiger partial charge in [0.05, 0.1) is 11.8 Å². The summed E-state index contributed by atoms with van der Waals surface area (Å²) >= 11 is 0. The van der Waals surface area contributed by atoms with Crippen LogP contribution in [-0.4, -0.2) is 50.0 Å². The molecule has 0 spiro atoms. The maximum atomic E-state index is 11.6. The molecule has 1 amide bonds. The average molecular weight is 294 g/mol. The van der Waals surface area contributed by atoms with Gasteiger partial charge in [-0.25, -0.2) is 8.42 Å². The smallest absolute Gasteiger partial charge is 0.303 e. The first-order valence-electron chi connectivity index (χ1n) is 6.04. The van der Waals surface area contributed by atoms with Crippen molar-refractivity contribution in [3.63, 3.8) is 0 Å². The molecule has 0 aliphatic carbocycles. The minimum atomic E-state index is -3.13. The van der Waals surface area contributed by atoms with Crippen LogP contribution in [0.1, 0.15) is 26.2 Å². The minimum Gasteiger partial charge on any atom is -0.481 e. The van der Waals surface area contributed by atoms with E-state index in [4.69, 9.17) is 10.8 Å². The van der Waals surface area contributed by atoms with Gasteiger partial charge in [-0.05, 0) is 18.8 Å². The van der Waals surface area contributed by atoms with Gasteiger partial charge in [-0.15, -0.1) is 0 Å². The Labute approximate surface area is 113 Å². The lowest BCUT2D eigenvalue weighted by molar-refractivity contribution is -0.137. The monoisotopic (exact) mass is 294 g/mol.